The molecule has 0 fully saturated rings. The molecule has 0 saturated carbocycles. The molecule has 0 aliphatic carbocycles. The predicted octanol–water partition coefficient (Wildman–Crippen LogP) is 5.13. The summed E-state index contributed by atoms with van der Waals surface area (Å²) in [6, 6.07) is 17.8. The molecule has 0 amide bonds. The van der Waals surface area contributed by atoms with E-state index in [1.165, 1.54) is 24.2 Å². The average Bonchev–Trinajstić information content (AvgIpc) is 3.35. The highest BCUT2D eigenvalue weighted by atomic mass is 32.2. The van der Waals surface area contributed by atoms with Gasteiger partial charge in [0, 0.05) is 23.6 Å². The second-order valence-corrected chi connectivity index (χ2v) is 7.10. The molecule has 0 aliphatic rings. The van der Waals surface area contributed by atoms with E-state index in [9.17, 15) is 8.78 Å². The van der Waals surface area contributed by atoms with Crippen LogP contribution in [-0.4, -0.2) is 24.3 Å². The predicted molar refractivity (Wildman–Crippen MR) is 105 cm³/mol. The molecule has 28 heavy (non-hydrogen) atoms. The fraction of sp³-hybridized carbons (Fsp3) is 0.150. The Morgan fingerprint density at radius 2 is 1.75 bits per heavy atom. The molecule has 0 N–H and O–H groups in total. The molecule has 0 saturated heterocycles. The third-order valence-electron chi connectivity index (χ3n) is 4.25. The minimum Gasteiger partial charge on any atom is -0.277 e. The maximum Gasteiger partial charge on any atom is 0.319 e. The molecule has 0 bridgehead atoms. The first-order valence-corrected chi connectivity index (χ1v) is 9.62. The number of thioether (sulfide) groups is 1. The number of hydrogen-bond donors (Lipinski definition) is 0. The van der Waals surface area contributed by atoms with Crippen molar-refractivity contribution in [3.63, 3.8) is 0 Å². The van der Waals surface area contributed by atoms with Crippen LogP contribution >= 0.6 is 11.8 Å². The number of aryl methyl sites for hydroxylation is 1. The Morgan fingerprint density at radius 3 is 2.46 bits per heavy atom. The molecule has 4 aromatic rings. The van der Waals surface area contributed by atoms with Gasteiger partial charge in [-0.05, 0) is 19.1 Å². The van der Waals surface area contributed by atoms with Crippen LogP contribution < -0.4 is 0 Å². The van der Waals surface area contributed by atoms with Crippen molar-refractivity contribution >= 4 is 11.8 Å². The van der Waals surface area contributed by atoms with E-state index in [0.29, 0.717) is 16.8 Å². The molecule has 0 spiro atoms. The van der Waals surface area contributed by atoms with E-state index in [1.807, 2.05) is 66.1 Å². The van der Waals surface area contributed by atoms with Crippen LogP contribution in [0.4, 0.5) is 8.78 Å². The van der Waals surface area contributed by atoms with E-state index in [4.69, 9.17) is 0 Å². The fourth-order valence-corrected chi connectivity index (χ4v) is 3.73. The number of benzene rings is 2. The minimum atomic E-state index is -2.62. The van der Waals surface area contributed by atoms with Gasteiger partial charge in [-0.1, -0.05) is 59.8 Å². The summed E-state index contributed by atoms with van der Waals surface area (Å²) in [6.07, 6.45) is 2.66. The third-order valence-corrected chi connectivity index (χ3v) is 5.17. The summed E-state index contributed by atoms with van der Waals surface area (Å²) in [5.74, 6) is 1.25. The second kappa shape index (κ2) is 7.93. The van der Waals surface area contributed by atoms with Crippen LogP contribution in [0.5, 0.6) is 0 Å². The van der Waals surface area contributed by atoms with Crippen molar-refractivity contribution in [2.24, 2.45) is 0 Å². The fourth-order valence-electron chi connectivity index (χ4n) is 2.83. The van der Waals surface area contributed by atoms with Gasteiger partial charge in [0.05, 0.1) is 5.75 Å². The summed E-state index contributed by atoms with van der Waals surface area (Å²) in [5.41, 5.74) is 2.98. The number of halogens is 2. The van der Waals surface area contributed by atoms with Crippen molar-refractivity contribution < 1.29 is 8.78 Å². The van der Waals surface area contributed by atoms with Gasteiger partial charge in [-0.3, -0.25) is 9.13 Å². The highest BCUT2D eigenvalue weighted by Gasteiger charge is 2.18. The summed E-state index contributed by atoms with van der Waals surface area (Å²) in [4.78, 5) is 4.04. The molecular formula is C20H17F2N5S. The van der Waals surface area contributed by atoms with Gasteiger partial charge >= 0.3 is 6.55 Å². The van der Waals surface area contributed by atoms with Gasteiger partial charge in [-0.2, -0.15) is 8.78 Å². The first kappa shape index (κ1) is 18.4. The number of alkyl halides is 2. The number of imidazole rings is 1. The molecular weight excluding hydrogens is 380 g/mol. The SMILES string of the molecule is Cc1ccc(-n2c(SCc3nccn3C(F)F)nnc2-c2ccccc2)cc1. The van der Waals surface area contributed by atoms with Crippen molar-refractivity contribution in [2.45, 2.75) is 24.4 Å². The summed E-state index contributed by atoms with van der Waals surface area (Å²) in [6.45, 7) is -0.596. The smallest absolute Gasteiger partial charge is 0.277 e. The van der Waals surface area contributed by atoms with Crippen molar-refractivity contribution in [3.8, 4) is 17.1 Å². The molecule has 8 heteroatoms. The third kappa shape index (κ3) is 3.68. The van der Waals surface area contributed by atoms with E-state index in [-0.39, 0.29) is 5.75 Å². The first-order valence-electron chi connectivity index (χ1n) is 8.64. The summed E-state index contributed by atoms with van der Waals surface area (Å²) in [5, 5.41) is 9.29. The summed E-state index contributed by atoms with van der Waals surface area (Å²) in [7, 11) is 0. The van der Waals surface area contributed by atoms with Crippen LogP contribution in [0.25, 0.3) is 17.1 Å². The van der Waals surface area contributed by atoms with Crippen LogP contribution in [0.1, 0.15) is 17.9 Å². The zero-order valence-electron chi connectivity index (χ0n) is 15.0. The Morgan fingerprint density at radius 1 is 1.00 bits per heavy atom. The zero-order chi connectivity index (χ0) is 19.5. The van der Waals surface area contributed by atoms with Gasteiger partial charge in [0.25, 0.3) is 0 Å². The van der Waals surface area contributed by atoms with Gasteiger partial charge in [0.2, 0.25) is 0 Å². The molecule has 142 valence electrons. The number of hydrogen-bond acceptors (Lipinski definition) is 4. The Bertz CT molecular complexity index is 1060. The first-order chi connectivity index (χ1) is 13.6. The molecule has 4 rings (SSSR count). The summed E-state index contributed by atoms with van der Waals surface area (Å²) < 4.78 is 28.9. The van der Waals surface area contributed by atoms with Gasteiger partial charge in [-0.15, -0.1) is 10.2 Å². The molecule has 0 atom stereocenters. The lowest BCUT2D eigenvalue weighted by molar-refractivity contribution is 0.0678. The Labute approximate surface area is 165 Å². The minimum absolute atomic E-state index is 0.260. The van der Waals surface area contributed by atoms with E-state index < -0.39 is 6.55 Å². The lowest BCUT2D eigenvalue weighted by Crippen LogP contribution is -2.03. The molecule has 5 nitrogen and oxygen atoms in total. The topological polar surface area (TPSA) is 48.5 Å². The highest BCUT2D eigenvalue weighted by Crippen LogP contribution is 2.30. The lowest BCUT2D eigenvalue weighted by Gasteiger charge is -2.11. The van der Waals surface area contributed by atoms with Crippen LogP contribution in [0.15, 0.2) is 72.1 Å². The highest BCUT2D eigenvalue weighted by molar-refractivity contribution is 7.98. The normalized spacial score (nSPS) is 11.3. The van der Waals surface area contributed by atoms with E-state index in [1.54, 1.807) is 0 Å². The van der Waals surface area contributed by atoms with Crippen LogP contribution in [0, 0.1) is 6.92 Å². The summed E-state index contributed by atoms with van der Waals surface area (Å²) >= 11 is 1.32. The largest absolute Gasteiger partial charge is 0.319 e. The van der Waals surface area contributed by atoms with Gasteiger partial charge in [0.1, 0.15) is 5.82 Å². The van der Waals surface area contributed by atoms with E-state index in [0.717, 1.165) is 21.4 Å². The molecule has 2 heterocycles. The molecule has 0 unspecified atom stereocenters. The van der Waals surface area contributed by atoms with Crippen molar-refractivity contribution in [2.75, 3.05) is 0 Å². The van der Waals surface area contributed by atoms with Gasteiger partial charge in [0.15, 0.2) is 11.0 Å². The van der Waals surface area contributed by atoms with Crippen LogP contribution in [-0.2, 0) is 5.75 Å². The van der Waals surface area contributed by atoms with Crippen molar-refractivity contribution in [1.82, 2.24) is 24.3 Å². The van der Waals surface area contributed by atoms with Crippen molar-refractivity contribution in [1.29, 1.82) is 0 Å². The second-order valence-electron chi connectivity index (χ2n) is 6.16. The van der Waals surface area contributed by atoms with E-state index in [2.05, 4.69) is 15.2 Å². The number of nitrogens with zero attached hydrogens (tertiary/aromatic N) is 5. The van der Waals surface area contributed by atoms with Crippen LogP contribution in [0.2, 0.25) is 0 Å². The van der Waals surface area contributed by atoms with Gasteiger partial charge in [-0.25, -0.2) is 4.98 Å². The Hall–Kier alpha value is -3.00. The van der Waals surface area contributed by atoms with E-state index >= 15 is 0 Å². The van der Waals surface area contributed by atoms with Gasteiger partial charge < -0.3 is 0 Å². The maximum atomic E-state index is 13.1. The van der Waals surface area contributed by atoms with Crippen molar-refractivity contribution in [3.05, 3.63) is 78.4 Å². The lowest BCUT2D eigenvalue weighted by atomic mass is 10.2. The average molecular weight is 397 g/mol. The number of rotatable bonds is 6. The Balaban J connectivity index is 1.72. The molecule has 2 aromatic heterocycles. The quantitative estimate of drug-likeness (QED) is 0.424. The maximum absolute atomic E-state index is 13.1. The zero-order valence-corrected chi connectivity index (χ0v) is 15.9. The molecule has 2 aromatic carbocycles. The monoisotopic (exact) mass is 397 g/mol. The number of aromatic nitrogens is 5. The van der Waals surface area contributed by atoms with Crippen LogP contribution in [0.3, 0.4) is 0 Å². The molecule has 0 radical (unpaired) electrons. The Kier molecular flexibility index (Phi) is 5.21. The standard InChI is InChI=1S/C20H17F2N5S/c1-14-7-9-16(10-8-14)27-18(15-5-3-2-4-6-15)24-25-20(27)28-13-17-23-11-12-26(17)19(21)22/h2-12,19H,13H2,1H3. The molecule has 0 aliphatic heterocycles.